The quantitative estimate of drug-likeness (QED) is 0.336. The summed E-state index contributed by atoms with van der Waals surface area (Å²) in [7, 11) is 0. The maximum atomic E-state index is 14.2. The van der Waals surface area contributed by atoms with Crippen molar-refractivity contribution in [3.05, 3.63) is 53.6 Å². The maximum Gasteiger partial charge on any atom is 0.250 e. The molecule has 3 N–H and O–H groups in total. The molecule has 0 aliphatic carbocycles. The van der Waals surface area contributed by atoms with Crippen LogP contribution in [-0.2, 0) is 19.1 Å². The number of hydrogen-bond acceptors (Lipinski definition) is 6. The number of halogens is 1. The number of nitrogens with zero attached hydrogens (tertiary/aromatic N) is 1. The Morgan fingerprint density at radius 1 is 1.05 bits per heavy atom. The zero-order valence-electron chi connectivity index (χ0n) is 23.7. The van der Waals surface area contributed by atoms with Crippen LogP contribution in [0.15, 0.2) is 48.5 Å². The van der Waals surface area contributed by atoms with Crippen molar-refractivity contribution in [1.29, 1.82) is 0 Å². The third kappa shape index (κ3) is 5.19. The largest absolute Gasteiger partial charge is 0.494 e. The molecule has 3 saturated heterocycles. The fourth-order valence-corrected chi connectivity index (χ4v) is 7.14. The van der Waals surface area contributed by atoms with Gasteiger partial charge in [0.1, 0.15) is 17.4 Å². The van der Waals surface area contributed by atoms with Crippen LogP contribution < -0.4 is 15.4 Å². The van der Waals surface area contributed by atoms with Gasteiger partial charge in [-0.15, -0.1) is 0 Å². The minimum Gasteiger partial charge on any atom is -0.494 e. The van der Waals surface area contributed by atoms with Crippen molar-refractivity contribution in [3.8, 4) is 5.75 Å². The molecule has 3 unspecified atom stereocenters. The smallest absolute Gasteiger partial charge is 0.250 e. The zero-order valence-corrected chi connectivity index (χ0v) is 24.4. The number of amides is 3. The molecule has 2 aromatic carbocycles. The summed E-state index contributed by atoms with van der Waals surface area (Å²) in [4.78, 5) is 43.7. The molecule has 3 amide bonds. The highest BCUT2D eigenvalue weighted by Crippen LogP contribution is 2.65. The number of rotatable bonds is 11. The summed E-state index contributed by atoms with van der Waals surface area (Å²) in [5.41, 5.74) is -0.907. The van der Waals surface area contributed by atoms with Crippen LogP contribution in [0.2, 0.25) is 5.02 Å². The van der Waals surface area contributed by atoms with Crippen molar-refractivity contribution < 1.29 is 29.0 Å². The summed E-state index contributed by atoms with van der Waals surface area (Å²) in [5, 5.41) is 15.7. The number of aliphatic hydroxyl groups excluding tert-OH is 1. The third-order valence-electron chi connectivity index (χ3n) is 8.95. The van der Waals surface area contributed by atoms with E-state index in [-0.39, 0.29) is 30.2 Å². The highest BCUT2D eigenvalue weighted by Gasteiger charge is 2.79. The van der Waals surface area contributed by atoms with E-state index in [4.69, 9.17) is 21.1 Å². The molecule has 3 aliphatic rings. The van der Waals surface area contributed by atoms with Crippen LogP contribution >= 0.6 is 11.6 Å². The predicted molar refractivity (Wildman–Crippen MR) is 156 cm³/mol. The van der Waals surface area contributed by atoms with Gasteiger partial charge in [-0.3, -0.25) is 14.4 Å². The summed E-state index contributed by atoms with van der Waals surface area (Å²) >= 11 is 6.03. The second-order valence-corrected chi connectivity index (χ2v) is 11.9. The standard InChI is InChI=1S/C31H38ClN3O6/c1-4-40-23-14-12-22(13-15-23)33-27(37)24-25-29(39)35(16-6-5-7-17-36)26(31(25)18-19(2)30(24,3)41-31)28(38)34-21-10-8-20(32)9-11-21/h8-15,19,24-26,36H,4-7,16-18H2,1-3H3,(H,33,37)(H,34,38)/t19?,24-,25+,26?,30+,31?/m1/s1. The van der Waals surface area contributed by atoms with Crippen molar-refractivity contribution in [3.63, 3.8) is 0 Å². The lowest BCUT2D eigenvalue weighted by atomic mass is 9.62. The molecule has 2 bridgehead atoms. The second-order valence-electron chi connectivity index (χ2n) is 11.5. The summed E-state index contributed by atoms with van der Waals surface area (Å²) in [5.74, 6) is -1.85. The van der Waals surface area contributed by atoms with E-state index in [1.807, 2.05) is 20.8 Å². The average Bonchev–Trinajstić information content (AvgIpc) is 3.45. The van der Waals surface area contributed by atoms with Gasteiger partial charge >= 0.3 is 0 Å². The molecule has 220 valence electrons. The lowest BCUT2D eigenvalue weighted by Crippen LogP contribution is -2.54. The van der Waals surface area contributed by atoms with Gasteiger partial charge in [0.2, 0.25) is 17.7 Å². The van der Waals surface area contributed by atoms with Gasteiger partial charge < -0.3 is 30.1 Å². The van der Waals surface area contributed by atoms with Gasteiger partial charge in [-0.25, -0.2) is 0 Å². The topological polar surface area (TPSA) is 117 Å². The first kappa shape index (κ1) is 29.4. The van der Waals surface area contributed by atoms with Gasteiger partial charge in [0.15, 0.2) is 0 Å². The van der Waals surface area contributed by atoms with E-state index in [2.05, 4.69) is 10.6 Å². The molecule has 0 radical (unpaired) electrons. The summed E-state index contributed by atoms with van der Waals surface area (Å²) in [6.45, 7) is 6.74. The van der Waals surface area contributed by atoms with Crippen molar-refractivity contribution in [2.45, 2.75) is 63.7 Å². The van der Waals surface area contributed by atoms with E-state index < -0.39 is 29.1 Å². The van der Waals surface area contributed by atoms with Crippen LogP contribution in [0.5, 0.6) is 5.75 Å². The molecule has 10 heteroatoms. The number of nitrogens with one attached hydrogen (secondary N) is 2. The fraction of sp³-hybridized carbons (Fsp3) is 0.516. The number of hydrogen-bond donors (Lipinski definition) is 3. The second kappa shape index (κ2) is 11.6. The Bertz CT molecular complexity index is 1290. The Morgan fingerprint density at radius 2 is 1.68 bits per heavy atom. The lowest BCUT2D eigenvalue weighted by Gasteiger charge is -2.36. The van der Waals surface area contributed by atoms with Crippen molar-refractivity contribution in [2.75, 3.05) is 30.4 Å². The first-order valence-corrected chi connectivity index (χ1v) is 14.7. The highest BCUT2D eigenvalue weighted by atomic mass is 35.5. The van der Waals surface area contributed by atoms with Crippen molar-refractivity contribution >= 4 is 40.7 Å². The van der Waals surface area contributed by atoms with E-state index >= 15 is 0 Å². The van der Waals surface area contributed by atoms with E-state index in [0.717, 1.165) is 0 Å². The normalized spacial score (nSPS) is 29.9. The SMILES string of the molecule is CCOc1ccc(NC(=O)[C@H]2[C@H]3C(=O)N(CCCCCO)C(C(=O)Nc4ccc(Cl)cc4)C34CC(C)[C@]2(C)O4)cc1. The third-order valence-corrected chi connectivity index (χ3v) is 9.20. The summed E-state index contributed by atoms with van der Waals surface area (Å²) < 4.78 is 12.3. The van der Waals surface area contributed by atoms with E-state index in [1.54, 1.807) is 53.4 Å². The molecule has 41 heavy (non-hydrogen) atoms. The Labute approximate surface area is 245 Å². The van der Waals surface area contributed by atoms with Gasteiger partial charge in [0.25, 0.3) is 0 Å². The van der Waals surface area contributed by atoms with Crippen LogP contribution in [0, 0.1) is 17.8 Å². The number of anilines is 2. The Hall–Kier alpha value is -3.14. The molecular formula is C31H38ClN3O6. The average molecular weight is 584 g/mol. The Kier molecular flexibility index (Phi) is 8.32. The molecule has 2 aromatic rings. The van der Waals surface area contributed by atoms with Crippen LogP contribution in [0.1, 0.15) is 46.5 Å². The van der Waals surface area contributed by atoms with Crippen molar-refractivity contribution in [1.82, 2.24) is 4.90 Å². The van der Waals surface area contributed by atoms with Gasteiger partial charge in [0, 0.05) is 29.5 Å². The lowest BCUT2D eigenvalue weighted by molar-refractivity contribution is -0.144. The summed E-state index contributed by atoms with van der Waals surface area (Å²) in [6.07, 6.45) is 2.42. The monoisotopic (exact) mass is 583 g/mol. The molecule has 0 aromatic heterocycles. The van der Waals surface area contributed by atoms with E-state index in [9.17, 15) is 19.5 Å². The minimum absolute atomic E-state index is 0.0633. The molecule has 0 saturated carbocycles. The van der Waals surface area contributed by atoms with Crippen molar-refractivity contribution in [2.24, 2.45) is 17.8 Å². The molecule has 6 atom stereocenters. The van der Waals surface area contributed by atoms with Crippen LogP contribution in [-0.4, -0.2) is 64.7 Å². The first-order chi connectivity index (χ1) is 19.6. The van der Waals surface area contributed by atoms with Gasteiger partial charge in [0.05, 0.1) is 24.0 Å². The number of aliphatic hydroxyl groups is 1. The Balaban J connectivity index is 1.46. The molecule has 1 spiro atoms. The maximum absolute atomic E-state index is 14.2. The Morgan fingerprint density at radius 3 is 2.32 bits per heavy atom. The van der Waals surface area contributed by atoms with Crippen LogP contribution in [0.25, 0.3) is 0 Å². The summed E-state index contributed by atoms with van der Waals surface area (Å²) in [6, 6.07) is 13.0. The number of carbonyl (C=O) groups is 3. The van der Waals surface area contributed by atoms with Crippen LogP contribution in [0.3, 0.4) is 0 Å². The molecule has 9 nitrogen and oxygen atoms in total. The fourth-order valence-electron chi connectivity index (χ4n) is 7.02. The number of carbonyl (C=O) groups excluding carboxylic acids is 3. The van der Waals surface area contributed by atoms with Gasteiger partial charge in [-0.05, 0) is 94.0 Å². The number of ether oxygens (including phenoxy) is 2. The number of likely N-dealkylation sites (tertiary alicyclic amines) is 1. The number of fused-ring (bicyclic) bond motifs is 1. The molecule has 3 heterocycles. The van der Waals surface area contributed by atoms with E-state index in [0.29, 0.717) is 61.0 Å². The molecule has 5 rings (SSSR count). The number of benzene rings is 2. The predicted octanol–water partition coefficient (Wildman–Crippen LogP) is 4.49. The zero-order chi connectivity index (χ0) is 29.4. The van der Waals surface area contributed by atoms with E-state index in [1.165, 1.54) is 0 Å². The first-order valence-electron chi connectivity index (χ1n) is 14.4. The molecular weight excluding hydrogens is 546 g/mol. The molecule has 3 aliphatic heterocycles. The number of unbranched alkanes of at least 4 members (excludes halogenated alkanes) is 2. The van der Waals surface area contributed by atoms with Gasteiger partial charge in [-0.1, -0.05) is 18.5 Å². The van der Waals surface area contributed by atoms with Gasteiger partial charge in [-0.2, -0.15) is 0 Å². The van der Waals surface area contributed by atoms with Crippen LogP contribution in [0.4, 0.5) is 11.4 Å². The molecule has 3 fully saturated rings. The minimum atomic E-state index is -1.14. The highest BCUT2D eigenvalue weighted by molar-refractivity contribution is 6.30.